The number of methoxy groups -OCH3 is 1. The van der Waals surface area contributed by atoms with E-state index in [0.29, 0.717) is 41.9 Å². The summed E-state index contributed by atoms with van der Waals surface area (Å²) in [5.74, 6) is 3.34. The molecule has 0 radical (unpaired) electrons. The van der Waals surface area contributed by atoms with Crippen LogP contribution in [0.15, 0.2) is 35.5 Å². The lowest BCUT2D eigenvalue weighted by atomic mass is 9.59. The summed E-state index contributed by atoms with van der Waals surface area (Å²) in [5.41, 5.74) is 3.69. The Bertz CT molecular complexity index is 763. The van der Waals surface area contributed by atoms with Gasteiger partial charge in [-0.1, -0.05) is 52.0 Å². The third-order valence-corrected chi connectivity index (χ3v) is 10.3. The molecule has 0 spiro atoms. The first-order valence-corrected chi connectivity index (χ1v) is 13.4. The summed E-state index contributed by atoms with van der Waals surface area (Å²) in [6.07, 6.45) is 12.0. The Kier molecular flexibility index (Phi) is 8.40. The minimum Gasteiger partial charge on any atom is -0.393 e. The van der Waals surface area contributed by atoms with Crippen LogP contribution in [0.2, 0.25) is 0 Å². The fraction of sp³-hybridized carbons (Fsp3) is 0.800. The highest BCUT2D eigenvalue weighted by Crippen LogP contribution is 2.60. The first kappa shape index (κ1) is 26.7. The number of hydrogen-bond donors (Lipinski definition) is 2. The van der Waals surface area contributed by atoms with Gasteiger partial charge in [0.25, 0.3) is 0 Å². The van der Waals surface area contributed by atoms with Crippen molar-refractivity contribution in [3.05, 3.63) is 35.5 Å². The van der Waals surface area contributed by atoms with E-state index in [1.807, 2.05) is 7.11 Å². The average Bonchev–Trinajstić information content (AvgIpc) is 3.11. The average molecular weight is 459 g/mol. The van der Waals surface area contributed by atoms with Gasteiger partial charge in [0.05, 0.1) is 17.8 Å². The zero-order valence-electron chi connectivity index (χ0n) is 22.4. The molecule has 0 bridgehead atoms. The van der Waals surface area contributed by atoms with Gasteiger partial charge in [0.2, 0.25) is 0 Å². The molecule has 3 saturated carbocycles. The fourth-order valence-corrected chi connectivity index (χ4v) is 7.26. The summed E-state index contributed by atoms with van der Waals surface area (Å²) in [7, 11) is 1.84. The van der Waals surface area contributed by atoms with Crippen LogP contribution in [0, 0.1) is 35.0 Å². The van der Waals surface area contributed by atoms with Crippen molar-refractivity contribution in [1.82, 2.24) is 0 Å². The number of hydrogen-bond acceptors (Lipinski definition) is 3. The van der Waals surface area contributed by atoms with Crippen molar-refractivity contribution >= 4 is 0 Å². The summed E-state index contributed by atoms with van der Waals surface area (Å²) in [6.45, 7) is 18.4. The van der Waals surface area contributed by atoms with Crippen LogP contribution >= 0.6 is 0 Å². The molecule has 0 amide bonds. The van der Waals surface area contributed by atoms with Crippen molar-refractivity contribution in [2.75, 3.05) is 7.11 Å². The Morgan fingerprint density at radius 1 is 1.18 bits per heavy atom. The second kappa shape index (κ2) is 10.4. The number of allylic oxidation sites excluding steroid dienone is 3. The molecule has 3 aliphatic rings. The summed E-state index contributed by atoms with van der Waals surface area (Å²) in [4.78, 5) is 0. The van der Waals surface area contributed by atoms with Crippen LogP contribution in [0.1, 0.15) is 92.9 Å². The van der Waals surface area contributed by atoms with Gasteiger partial charge in [0.15, 0.2) is 0 Å². The Morgan fingerprint density at radius 2 is 1.88 bits per heavy atom. The molecule has 8 atom stereocenters. The van der Waals surface area contributed by atoms with Gasteiger partial charge < -0.3 is 14.9 Å². The van der Waals surface area contributed by atoms with E-state index in [1.165, 1.54) is 38.5 Å². The standard InChI is InChI=1S/C30H50O3/c1-19(16-20(2)29(5,6)33-8)21(3)26-13-14-27-23(10-9-15-30(26,27)7)11-12-24-17-25(31)18-28(32)22(24)4/h11-12,19-21,25-28,31-32H,4,9-10,13-18H2,1-3,5-8H3/b23-11+,24-12-/t19?,20-,21-,25-,26-,27+,28+,30-/m1/s1. The number of aliphatic hydroxyl groups excluding tert-OH is 2. The molecule has 188 valence electrons. The topological polar surface area (TPSA) is 49.7 Å². The number of ether oxygens (including phenoxy) is 1. The first-order chi connectivity index (χ1) is 15.4. The number of aliphatic hydroxyl groups is 2. The van der Waals surface area contributed by atoms with Gasteiger partial charge >= 0.3 is 0 Å². The van der Waals surface area contributed by atoms with E-state index in [2.05, 4.69) is 60.3 Å². The largest absolute Gasteiger partial charge is 0.393 e. The van der Waals surface area contributed by atoms with E-state index < -0.39 is 12.2 Å². The second-order valence-corrected chi connectivity index (χ2v) is 12.4. The molecule has 1 unspecified atom stereocenters. The maximum absolute atomic E-state index is 10.2. The van der Waals surface area contributed by atoms with Crippen molar-refractivity contribution in [3.63, 3.8) is 0 Å². The summed E-state index contributed by atoms with van der Waals surface area (Å²) in [5, 5.41) is 20.3. The van der Waals surface area contributed by atoms with Gasteiger partial charge in [0, 0.05) is 13.5 Å². The molecule has 0 aromatic rings. The summed E-state index contributed by atoms with van der Waals surface area (Å²) < 4.78 is 5.77. The Hall–Kier alpha value is -0.900. The molecule has 0 heterocycles. The first-order valence-electron chi connectivity index (χ1n) is 13.4. The highest BCUT2D eigenvalue weighted by atomic mass is 16.5. The fourth-order valence-electron chi connectivity index (χ4n) is 7.26. The highest BCUT2D eigenvalue weighted by Gasteiger charge is 2.51. The van der Waals surface area contributed by atoms with Crippen LogP contribution in [0.25, 0.3) is 0 Å². The Labute approximate surface area is 203 Å². The molecular formula is C30H50O3. The SMILES string of the molecule is C=C1/C(=C\C=C2/CCC[C@]3(C)[C@@H]([C@H](C)C(C)C[C@@H](C)C(C)(C)OC)CC[C@@H]23)C[C@@H](O)C[C@@H]1O. The normalized spacial score (nSPS) is 38.4. The highest BCUT2D eigenvalue weighted by molar-refractivity contribution is 5.38. The minimum atomic E-state index is -0.612. The lowest BCUT2D eigenvalue weighted by Crippen LogP contribution is -2.39. The molecule has 3 nitrogen and oxygen atoms in total. The molecule has 0 aromatic heterocycles. The van der Waals surface area contributed by atoms with Crippen LogP contribution in [0.3, 0.4) is 0 Å². The molecule has 3 rings (SSSR count). The quantitative estimate of drug-likeness (QED) is 0.438. The van der Waals surface area contributed by atoms with Crippen molar-refractivity contribution in [1.29, 1.82) is 0 Å². The van der Waals surface area contributed by atoms with E-state index in [1.54, 1.807) is 5.57 Å². The van der Waals surface area contributed by atoms with Gasteiger partial charge in [-0.15, -0.1) is 0 Å². The van der Waals surface area contributed by atoms with Crippen LogP contribution in [-0.2, 0) is 4.74 Å². The molecule has 0 aliphatic heterocycles. The second-order valence-electron chi connectivity index (χ2n) is 12.4. The molecule has 3 aliphatic carbocycles. The van der Waals surface area contributed by atoms with Gasteiger partial charge in [0.1, 0.15) is 0 Å². The monoisotopic (exact) mass is 458 g/mol. The number of rotatable bonds is 7. The van der Waals surface area contributed by atoms with Gasteiger partial charge in [-0.25, -0.2) is 0 Å². The molecule has 0 saturated heterocycles. The summed E-state index contributed by atoms with van der Waals surface area (Å²) in [6, 6.07) is 0. The molecule has 3 fully saturated rings. The van der Waals surface area contributed by atoms with Crippen LogP contribution < -0.4 is 0 Å². The van der Waals surface area contributed by atoms with Gasteiger partial charge in [-0.3, -0.25) is 0 Å². The van der Waals surface area contributed by atoms with E-state index in [0.717, 1.165) is 17.1 Å². The van der Waals surface area contributed by atoms with Crippen molar-refractivity contribution in [2.24, 2.45) is 35.0 Å². The predicted octanol–water partition coefficient (Wildman–Crippen LogP) is 6.85. The third-order valence-electron chi connectivity index (χ3n) is 10.3. The molecular weight excluding hydrogens is 408 g/mol. The zero-order valence-corrected chi connectivity index (χ0v) is 22.4. The van der Waals surface area contributed by atoms with Crippen molar-refractivity contribution in [2.45, 2.75) is 111 Å². The van der Waals surface area contributed by atoms with Crippen molar-refractivity contribution < 1.29 is 14.9 Å². The van der Waals surface area contributed by atoms with E-state index >= 15 is 0 Å². The Morgan fingerprint density at radius 3 is 2.55 bits per heavy atom. The van der Waals surface area contributed by atoms with Crippen LogP contribution in [-0.4, -0.2) is 35.1 Å². The third kappa shape index (κ3) is 5.52. The minimum absolute atomic E-state index is 0.0748. The van der Waals surface area contributed by atoms with E-state index in [9.17, 15) is 10.2 Å². The lowest BCUT2D eigenvalue weighted by Gasteiger charge is -2.46. The van der Waals surface area contributed by atoms with Crippen LogP contribution in [0.5, 0.6) is 0 Å². The Balaban J connectivity index is 1.74. The summed E-state index contributed by atoms with van der Waals surface area (Å²) >= 11 is 0. The molecule has 33 heavy (non-hydrogen) atoms. The van der Waals surface area contributed by atoms with E-state index in [-0.39, 0.29) is 5.60 Å². The lowest BCUT2D eigenvalue weighted by molar-refractivity contribution is -0.0346. The number of fused-ring (bicyclic) bond motifs is 1. The van der Waals surface area contributed by atoms with Crippen molar-refractivity contribution in [3.8, 4) is 0 Å². The molecule has 0 aromatic carbocycles. The maximum Gasteiger partial charge on any atom is 0.0811 e. The molecule has 2 N–H and O–H groups in total. The predicted molar refractivity (Wildman–Crippen MR) is 138 cm³/mol. The molecule has 3 heteroatoms. The smallest absolute Gasteiger partial charge is 0.0811 e. The van der Waals surface area contributed by atoms with Gasteiger partial charge in [-0.05, 0) is 105 Å². The van der Waals surface area contributed by atoms with Crippen LogP contribution in [0.4, 0.5) is 0 Å². The zero-order chi connectivity index (χ0) is 24.6. The maximum atomic E-state index is 10.2. The van der Waals surface area contributed by atoms with Gasteiger partial charge in [-0.2, -0.15) is 0 Å². The van der Waals surface area contributed by atoms with E-state index in [4.69, 9.17) is 4.74 Å².